The zero-order valence-corrected chi connectivity index (χ0v) is 27.2. The third kappa shape index (κ3) is 3.66. The van der Waals surface area contributed by atoms with Crippen LogP contribution in [0.25, 0.3) is 88.0 Å². The molecule has 2 heteroatoms. The summed E-state index contributed by atoms with van der Waals surface area (Å²) < 4.78 is 12.7. The number of hydrogen-bond acceptors (Lipinski definition) is 2. The standard InChI is InChI=1S/C47H30O2/c1-47(2)40-24-28(31-21-22-44-46-36(31)13-8-14-37(46)34-11-4-6-16-43(34)48-44)17-19-32(40)39-23-27-9-7-12-30(38(27)26-41(39)47)29-18-20-35-33-10-3-5-15-42(33)49-45(35)25-29/h3-26H,1-2H3. The minimum absolute atomic E-state index is 0.168. The highest BCUT2D eigenvalue weighted by atomic mass is 16.5. The average Bonchev–Trinajstić information content (AvgIpc) is 3.61. The highest BCUT2D eigenvalue weighted by Crippen LogP contribution is 2.53. The van der Waals surface area contributed by atoms with Crippen molar-refractivity contribution in [2.24, 2.45) is 0 Å². The summed E-state index contributed by atoms with van der Waals surface area (Å²) in [5.74, 6) is 1.84. The van der Waals surface area contributed by atoms with Crippen molar-refractivity contribution >= 4 is 43.5 Å². The molecule has 0 amide bonds. The van der Waals surface area contributed by atoms with Crippen molar-refractivity contribution in [2.75, 3.05) is 0 Å². The molecule has 1 aromatic heterocycles. The molecule has 0 fully saturated rings. The second-order valence-corrected chi connectivity index (χ2v) is 14.1. The molecule has 1 aliphatic heterocycles. The second kappa shape index (κ2) is 9.49. The van der Waals surface area contributed by atoms with E-state index in [0.717, 1.165) is 39.0 Å². The Morgan fingerprint density at radius 1 is 0.408 bits per heavy atom. The molecule has 0 atom stereocenters. The maximum absolute atomic E-state index is 6.40. The summed E-state index contributed by atoms with van der Waals surface area (Å²) in [5.41, 5.74) is 14.3. The van der Waals surface area contributed by atoms with Crippen molar-refractivity contribution in [1.29, 1.82) is 0 Å². The molecule has 9 aromatic rings. The van der Waals surface area contributed by atoms with Gasteiger partial charge in [-0.05, 0) is 115 Å². The number of fused-ring (bicyclic) bond motifs is 9. The van der Waals surface area contributed by atoms with Crippen LogP contribution in [0.3, 0.4) is 0 Å². The molecule has 1 aliphatic carbocycles. The number of rotatable bonds is 2. The van der Waals surface area contributed by atoms with Gasteiger partial charge in [0, 0.05) is 27.1 Å². The molecule has 49 heavy (non-hydrogen) atoms. The smallest absolute Gasteiger partial charge is 0.136 e. The zero-order chi connectivity index (χ0) is 32.4. The minimum atomic E-state index is -0.168. The fourth-order valence-corrected chi connectivity index (χ4v) is 8.65. The molecule has 11 rings (SSSR count). The zero-order valence-electron chi connectivity index (χ0n) is 27.2. The summed E-state index contributed by atoms with van der Waals surface area (Å²) >= 11 is 0. The van der Waals surface area contributed by atoms with Crippen molar-refractivity contribution in [2.45, 2.75) is 19.3 Å². The molecule has 230 valence electrons. The van der Waals surface area contributed by atoms with Gasteiger partial charge in [-0.15, -0.1) is 0 Å². The van der Waals surface area contributed by atoms with Crippen molar-refractivity contribution in [3.63, 3.8) is 0 Å². The number of hydrogen-bond donors (Lipinski definition) is 0. The predicted octanol–water partition coefficient (Wildman–Crippen LogP) is 13.3. The first-order valence-corrected chi connectivity index (χ1v) is 17.0. The van der Waals surface area contributed by atoms with Gasteiger partial charge in [0.2, 0.25) is 0 Å². The van der Waals surface area contributed by atoms with Crippen LogP contribution in [0, 0.1) is 0 Å². The van der Waals surface area contributed by atoms with Gasteiger partial charge in [-0.1, -0.05) is 111 Å². The van der Waals surface area contributed by atoms with Gasteiger partial charge >= 0.3 is 0 Å². The lowest BCUT2D eigenvalue weighted by molar-refractivity contribution is 0.487. The third-order valence-corrected chi connectivity index (χ3v) is 11.1. The Labute approximate surface area is 283 Å². The molecule has 2 aliphatic rings. The quantitative estimate of drug-likeness (QED) is 0.190. The van der Waals surface area contributed by atoms with Gasteiger partial charge in [-0.2, -0.15) is 0 Å². The first kappa shape index (κ1) is 26.9. The summed E-state index contributed by atoms with van der Waals surface area (Å²) in [6.45, 7) is 4.75. The SMILES string of the molecule is CC1(C)c2cc(-c3ccc4c5c(cccc35)-c3ccccc3O4)ccc2-c2cc3cccc(-c4ccc5c(c4)oc4ccccc45)c3cc21. The van der Waals surface area contributed by atoms with E-state index in [1.807, 2.05) is 18.2 Å². The first-order valence-electron chi connectivity index (χ1n) is 17.0. The van der Waals surface area contributed by atoms with Crippen molar-refractivity contribution in [1.82, 2.24) is 0 Å². The predicted molar refractivity (Wildman–Crippen MR) is 203 cm³/mol. The maximum atomic E-state index is 6.40. The van der Waals surface area contributed by atoms with E-state index >= 15 is 0 Å². The van der Waals surface area contributed by atoms with E-state index < -0.39 is 0 Å². The monoisotopic (exact) mass is 626 g/mol. The fourth-order valence-electron chi connectivity index (χ4n) is 8.65. The topological polar surface area (TPSA) is 22.4 Å². The van der Waals surface area contributed by atoms with Crippen LogP contribution in [0.2, 0.25) is 0 Å². The van der Waals surface area contributed by atoms with Crippen LogP contribution in [0.4, 0.5) is 0 Å². The molecule has 0 saturated heterocycles. The Morgan fingerprint density at radius 3 is 2.06 bits per heavy atom. The normalized spacial score (nSPS) is 13.8. The van der Waals surface area contributed by atoms with Crippen LogP contribution < -0.4 is 4.74 Å². The molecule has 2 heterocycles. The van der Waals surface area contributed by atoms with Gasteiger partial charge < -0.3 is 9.15 Å². The Kier molecular flexibility index (Phi) is 5.21. The lowest BCUT2D eigenvalue weighted by Gasteiger charge is -2.24. The number of para-hydroxylation sites is 2. The first-order chi connectivity index (χ1) is 24.0. The van der Waals surface area contributed by atoms with Gasteiger partial charge in [0.1, 0.15) is 22.7 Å². The molecule has 0 unspecified atom stereocenters. The Bertz CT molecular complexity index is 2880. The van der Waals surface area contributed by atoms with Crippen LogP contribution in [-0.4, -0.2) is 0 Å². The van der Waals surface area contributed by atoms with E-state index in [4.69, 9.17) is 9.15 Å². The molecular formula is C47H30O2. The third-order valence-electron chi connectivity index (χ3n) is 11.1. The van der Waals surface area contributed by atoms with Crippen molar-refractivity contribution in [3.05, 3.63) is 157 Å². The molecule has 0 spiro atoms. The minimum Gasteiger partial charge on any atom is -0.456 e. The average molecular weight is 627 g/mol. The molecule has 0 radical (unpaired) electrons. The Balaban J connectivity index is 1.05. The van der Waals surface area contributed by atoms with E-state index in [0.29, 0.717) is 0 Å². The number of furan rings is 1. The van der Waals surface area contributed by atoms with Crippen LogP contribution in [0.15, 0.2) is 150 Å². The lowest BCUT2D eigenvalue weighted by Crippen LogP contribution is -2.15. The summed E-state index contributed by atoms with van der Waals surface area (Å²) in [7, 11) is 0. The Hall–Kier alpha value is -6.12. The molecule has 0 bridgehead atoms. The van der Waals surface area contributed by atoms with Gasteiger partial charge in [-0.3, -0.25) is 0 Å². The second-order valence-electron chi connectivity index (χ2n) is 14.1. The molecule has 0 saturated carbocycles. The van der Waals surface area contributed by atoms with Crippen molar-refractivity contribution < 1.29 is 9.15 Å². The summed E-state index contributed by atoms with van der Waals surface area (Å²) in [4.78, 5) is 0. The highest BCUT2D eigenvalue weighted by Gasteiger charge is 2.36. The van der Waals surface area contributed by atoms with E-state index in [9.17, 15) is 0 Å². The van der Waals surface area contributed by atoms with Crippen LogP contribution in [-0.2, 0) is 5.41 Å². The maximum Gasteiger partial charge on any atom is 0.136 e. The van der Waals surface area contributed by atoms with Crippen LogP contribution in [0.5, 0.6) is 11.5 Å². The van der Waals surface area contributed by atoms with Gasteiger partial charge in [-0.25, -0.2) is 0 Å². The van der Waals surface area contributed by atoms with Crippen molar-refractivity contribution in [3.8, 4) is 56.0 Å². The van der Waals surface area contributed by atoms with E-state index in [2.05, 4.69) is 141 Å². The van der Waals surface area contributed by atoms with E-state index in [1.165, 1.54) is 71.6 Å². The number of ether oxygens (including phenoxy) is 1. The van der Waals surface area contributed by atoms with Gasteiger partial charge in [0.25, 0.3) is 0 Å². The molecule has 2 nitrogen and oxygen atoms in total. The fraction of sp³-hybridized carbons (Fsp3) is 0.0638. The van der Waals surface area contributed by atoms with E-state index in [1.54, 1.807) is 0 Å². The molecule has 0 N–H and O–H groups in total. The summed E-state index contributed by atoms with van der Waals surface area (Å²) in [6, 6.07) is 52.8. The number of benzene rings is 8. The van der Waals surface area contributed by atoms with Gasteiger partial charge in [0.15, 0.2) is 0 Å². The summed E-state index contributed by atoms with van der Waals surface area (Å²) in [5, 5.41) is 7.22. The Morgan fingerprint density at radius 2 is 1.10 bits per heavy atom. The largest absolute Gasteiger partial charge is 0.456 e. The molecular weight excluding hydrogens is 597 g/mol. The summed E-state index contributed by atoms with van der Waals surface area (Å²) in [6.07, 6.45) is 0. The highest BCUT2D eigenvalue weighted by molar-refractivity contribution is 6.11. The van der Waals surface area contributed by atoms with E-state index in [-0.39, 0.29) is 5.41 Å². The molecule has 8 aromatic carbocycles. The van der Waals surface area contributed by atoms with Gasteiger partial charge in [0.05, 0.1) is 0 Å². The lowest BCUT2D eigenvalue weighted by atomic mass is 9.80. The van der Waals surface area contributed by atoms with Crippen LogP contribution >= 0.6 is 0 Å². The van der Waals surface area contributed by atoms with Crippen LogP contribution in [0.1, 0.15) is 25.0 Å².